The number of amides is 1. The van der Waals surface area contributed by atoms with Gasteiger partial charge in [-0.05, 0) is 37.8 Å². The lowest BCUT2D eigenvalue weighted by Crippen LogP contribution is -2.44. The summed E-state index contributed by atoms with van der Waals surface area (Å²) in [5.41, 5.74) is 2.05. The van der Waals surface area contributed by atoms with Gasteiger partial charge in [-0.3, -0.25) is 4.79 Å². The molecule has 1 aromatic rings. The molecule has 0 aromatic heterocycles. The van der Waals surface area contributed by atoms with Gasteiger partial charge in [-0.2, -0.15) is 0 Å². The van der Waals surface area contributed by atoms with Gasteiger partial charge < -0.3 is 15.2 Å². The predicted molar refractivity (Wildman–Crippen MR) is 82.4 cm³/mol. The van der Waals surface area contributed by atoms with E-state index in [-0.39, 0.29) is 18.6 Å². The molecule has 0 bridgehead atoms. The highest BCUT2D eigenvalue weighted by Crippen LogP contribution is 2.22. The molecule has 1 saturated carbocycles. The van der Waals surface area contributed by atoms with Crippen LogP contribution in [0.15, 0.2) is 18.2 Å². The highest BCUT2D eigenvalue weighted by Gasteiger charge is 2.23. The van der Waals surface area contributed by atoms with E-state index < -0.39 is 6.10 Å². The van der Waals surface area contributed by atoms with Crippen molar-refractivity contribution in [2.45, 2.75) is 58.1 Å². The highest BCUT2D eigenvalue weighted by atomic mass is 16.5. The lowest BCUT2D eigenvalue weighted by atomic mass is 10.1. The van der Waals surface area contributed by atoms with Crippen LogP contribution in [0.1, 0.15) is 43.2 Å². The lowest BCUT2D eigenvalue weighted by molar-refractivity contribution is -0.124. The number of aliphatic hydroxyl groups is 1. The summed E-state index contributed by atoms with van der Waals surface area (Å²) in [7, 11) is 0. The number of aliphatic hydroxyl groups excluding tert-OH is 1. The number of nitrogens with one attached hydrogen (secondary N) is 1. The smallest absolute Gasteiger partial charge is 0.258 e. The van der Waals surface area contributed by atoms with Gasteiger partial charge in [0.15, 0.2) is 6.61 Å². The van der Waals surface area contributed by atoms with Crippen molar-refractivity contribution in [3.8, 4) is 5.75 Å². The fourth-order valence-electron chi connectivity index (χ4n) is 2.87. The van der Waals surface area contributed by atoms with E-state index in [2.05, 4.69) is 5.32 Å². The molecular formula is C17H25NO3. The fourth-order valence-corrected chi connectivity index (χ4v) is 2.87. The second-order valence-electron chi connectivity index (χ2n) is 5.89. The first-order valence-electron chi connectivity index (χ1n) is 7.74. The monoisotopic (exact) mass is 291 g/mol. The number of benzene rings is 1. The van der Waals surface area contributed by atoms with Gasteiger partial charge in [0.2, 0.25) is 0 Å². The maximum atomic E-state index is 12.0. The largest absolute Gasteiger partial charge is 0.483 e. The molecular weight excluding hydrogens is 266 g/mol. The summed E-state index contributed by atoms with van der Waals surface area (Å²) >= 11 is 0. The van der Waals surface area contributed by atoms with E-state index in [0.717, 1.165) is 49.0 Å². The zero-order valence-electron chi connectivity index (χ0n) is 12.9. The van der Waals surface area contributed by atoms with Gasteiger partial charge in [-0.15, -0.1) is 0 Å². The van der Waals surface area contributed by atoms with Gasteiger partial charge in [0, 0.05) is 0 Å². The van der Waals surface area contributed by atoms with E-state index in [9.17, 15) is 9.90 Å². The van der Waals surface area contributed by atoms with Gasteiger partial charge in [0.05, 0.1) is 12.1 Å². The Bertz CT molecular complexity index is 467. The molecule has 2 rings (SSSR count). The van der Waals surface area contributed by atoms with Crippen molar-refractivity contribution in [1.82, 2.24) is 5.32 Å². The number of ether oxygens (including phenoxy) is 1. The molecule has 2 N–H and O–H groups in total. The van der Waals surface area contributed by atoms with Crippen LogP contribution < -0.4 is 10.1 Å². The first kappa shape index (κ1) is 15.8. The van der Waals surface area contributed by atoms with Crippen LogP contribution in [-0.2, 0) is 4.79 Å². The first-order chi connectivity index (χ1) is 10.1. The third-order valence-corrected chi connectivity index (χ3v) is 4.08. The normalized spacial score (nSPS) is 22.4. The second kappa shape index (κ2) is 7.46. The van der Waals surface area contributed by atoms with Crippen LogP contribution in [0.25, 0.3) is 0 Å². The van der Waals surface area contributed by atoms with E-state index in [1.54, 1.807) is 0 Å². The number of para-hydroxylation sites is 1. The van der Waals surface area contributed by atoms with E-state index in [1.165, 1.54) is 0 Å². The summed E-state index contributed by atoms with van der Waals surface area (Å²) < 4.78 is 5.64. The van der Waals surface area contributed by atoms with Gasteiger partial charge >= 0.3 is 0 Å². The summed E-state index contributed by atoms with van der Waals surface area (Å²) in [6.07, 6.45) is 4.39. The molecule has 4 heteroatoms. The first-order valence-corrected chi connectivity index (χ1v) is 7.74. The van der Waals surface area contributed by atoms with Crippen molar-refractivity contribution in [2.24, 2.45) is 0 Å². The average molecular weight is 291 g/mol. The number of aryl methyl sites for hydroxylation is 2. The molecule has 1 aromatic carbocycles. The van der Waals surface area contributed by atoms with Crippen LogP contribution in [0, 0.1) is 13.8 Å². The molecule has 0 aliphatic heterocycles. The fraction of sp³-hybridized carbons (Fsp3) is 0.588. The Morgan fingerprint density at radius 2 is 1.90 bits per heavy atom. The van der Waals surface area contributed by atoms with Gasteiger partial charge in [0.25, 0.3) is 5.91 Å². The molecule has 1 aliphatic carbocycles. The van der Waals surface area contributed by atoms with E-state index in [1.807, 2.05) is 32.0 Å². The number of hydrogen-bond acceptors (Lipinski definition) is 3. The molecule has 0 heterocycles. The Labute approximate surface area is 126 Å². The van der Waals surface area contributed by atoms with Crippen LogP contribution >= 0.6 is 0 Å². The molecule has 1 fully saturated rings. The minimum absolute atomic E-state index is 0.00505. The van der Waals surface area contributed by atoms with Gasteiger partial charge in [0.1, 0.15) is 5.75 Å². The summed E-state index contributed by atoms with van der Waals surface area (Å²) in [5.74, 6) is 0.609. The third-order valence-electron chi connectivity index (χ3n) is 4.08. The average Bonchev–Trinajstić information content (AvgIpc) is 2.64. The minimum atomic E-state index is -0.434. The van der Waals surface area contributed by atoms with Gasteiger partial charge in [-0.1, -0.05) is 37.5 Å². The minimum Gasteiger partial charge on any atom is -0.483 e. The van der Waals surface area contributed by atoms with E-state index >= 15 is 0 Å². The Morgan fingerprint density at radius 3 is 2.62 bits per heavy atom. The summed E-state index contributed by atoms with van der Waals surface area (Å²) in [5, 5.41) is 12.9. The number of hydrogen-bond donors (Lipinski definition) is 2. The maximum Gasteiger partial charge on any atom is 0.258 e. The second-order valence-corrected chi connectivity index (χ2v) is 5.89. The van der Waals surface area contributed by atoms with Crippen LogP contribution in [0.4, 0.5) is 0 Å². The highest BCUT2D eigenvalue weighted by molar-refractivity contribution is 5.78. The molecule has 0 spiro atoms. The van der Waals surface area contributed by atoms with Crippen LogP contribution in [-0.4, -0.2) is 29.8 Å². The molecule has 0 radical (unpaired) electrons. The van der Waals surface area contributed by atoms with Crippen LogP contribution in [0.3, 0.4) is 0 Å². The SMILES string of the molecule is Cc1cccc(C)c1OCC(=O)NC1CCCCCC1O. The Balaban J connectivity index is 1.87. The molecule has 0 saturated heterocycles. The Morgan fingerprint density at radius 1 is 1.24 bits per heavy atom. The standard InChI is InChI=1S/C17H25NO3/c1-12-7-6-8-13(2)17(12)21-11-16(20)18-14-9-4-3-5-10-15(14)19/h6-8,14-15,19H,3-5,9-11H2,1-2H3,(H,18,20). The van der Waals surface area contributed by atoms with Crippen LogP contribution in [0.2, 0.25) is 0 Å². The topological polar surface area (TPSA) is 58.6 Å². The quantitative estimate of drug-likeness (QED) is 0.838. The Hall–Kier alpha value is -1.55. The number of carbonyl (C=O) groups is 1. The van der Waals surface area contributed by atoms with Crippen molar-refractivity contribution in [1.29, 1.82) is 0 Å². The molecule has 1 amide bonds. The third kappa shape index (κ3) is 4.46. The maximum absolute atomic E-state index is 12.0. The van der Waals surface area contributed by atoms with Crippen molar-refractivity contribution in [3.63, 3.8) is 0 Å². The Kier molecular flexibility index (Phi) is 5.62. The molecule has 116 valence electrons. The molecule has 4 nitrogen and oxygen atoms in total. The molecule has 2 unspecified atom stereocenters. The van der Waals surface area contributed by atoms with E-state index in [0.29, 0.717) is 0 Å². The summed E-state index contributed by atoms with van der Waals surface area (Å²) in [4.78, 5) is 12.0. The van der Waals surface area contributed by atoms with E-state index in [4.69, 9.17) is 4.74 Å². The predicted octanol–water partition coefficient (Wildman–Crippen LogP) is 2.49. The van der Waals surface area contributed by atoms with Crippen molar-refractivity contribution in [3.05, 3.63) is 29.3 Å². The van der Waals surface area contributed by atoms with Gasteiger partial charge in [-0.25, -0.2) is 0 Å². The zero-order chi connectivity index (χ0) is 15.2. The molecule has 21 heavy (non-hydrogen) atoms. The van der Waals surface area contributed by atoms with Crippen LogP contribution in [0.5, 0.6) is 5.75 Å². The van der Waals surface area contributed by atoms with Crippen molar-refractivity contribution in [2.75, 3.05) is 6.61 Å². The summed E-state index contributed by atoms with van der Waals surface area (Å²) in [6, 6.07) is 5.77. The lowest BCUT2D eigenvalue weighted by Gasteiger charge is -2.22. The molecule has 2 atom stereocenters. The number of rotatable bonds is 4. The van der Waals surface area contributed by atoms with Crippen molar-refractivity contribution < 1.29 is 14.6 Å². The number of carbonyl (C=O) groups excluding carboxylic acids is 1. The molecule has 1 aliphatic rings. The van der Waals surface area contributed by atoms with Crippen molar-refractivity contribution >= 4 is 5.91 Å². The zero-order valence-corrected chi connectivity index (χ0v) is 12.9. The summed E-state index contributed by atoms with van der Waals surface area (Å²) in [6.45, 7) is 3.93.